The second kappa shape index (κ2) is 4.98. The summed E-state index contributed by atoms with van der Waals surface area (Å²) in [6.07, 6.45) is 6.11. The molecule has 0 bridgehead atoms. The molecule has 17 heavy (non-hydrogen) atoms. The molecule has 0 amide bonds. The van der Waals surface area contributed by atoms with E-state index in [1.54, 1.807) is 12.4 Å². The van der Waals surface area contributed by atoms with Crippen molar-refractivity contribution in [1.82, 2.24) is 20.6 Å². The number of aromatic nitrogens is 2. The van der Waals surface area contributed by atoms with Gasteiger partial charge in [0, 0.05) is 37.9 Å². The largest absolute Gasteiger partial charge is 0.470 e. The highest BCUT2D eigenvalue weighted by Gasteiger charge is 2.25. The zero-order chi connectivity index (χ0) is 11.5. The van der Waals surface area contributed by atoms with Crippen molar-refractivity contribution in [2.45, 2.75) is 24.9 Å². The van der Waals surface area contributed by atoms with Gasteiger partial charge in [0.2, 0.25) is 5.88 Å². The third-order valence-corrected chi connectivity index (χ3v) is 3.40. The van der Waals surface area contributed by atoms with Crippen LogP contribution in [-0.2, 0) is 0 Å². The average molecular weight is 234 g/mol. The number of nitrogens with one attached hydrogen (secondary N) is 2. The molecule has 5 nitrogen and oxygen atoms in total. The fraction of sp³-hybridized carbons (Fsp3) is 0.667. The summed E-state index contributed by atoms with van der Waals surface area (Å²) < 4.78 is 5.87. The minimum atomic E-state index is 0.266. The normalized spacial score (nSPS) is 25.3. The van der Waals surface area contributed by atoms with Crippen molar-refractivity contribution < 1.29 is 4.74 Å². The van der Waals surface area contributed by atoms with Crippen LogP contribution in [0.25, 0.3) is 0 Å². The van der Waals surface area contributed by atoms with Crippen LogP contribution in [0.2, 0.25) is 0 Å². The molecule has 1 unspecified atom stereocenters. The Morgan fingerprint density at radius 2 is 2.00 bits per heavy atom. The molecule has 0 aromatic carbocycles. The summed E-state index contributed by atoms with van der Waals surface area (Å²) in [6.45, 7) is 3.93. The molecule has 1 aromatic rings. The number of rotatable bonds is 3. The Balaban J connectivity index is 1.76. The highest BCUT2D eigenvalue weighted by Crippen LogP contribution is 2.28. The quantitative estimate of drug-likeness (QED) is 0.787. The molecule has 2 saturated heterocycles. The lowest BCUT2D eigenvalue weighted by Crippen LogP contribution is -2.50. The predicted molar refractivity (Wildman–Crippen MR) is 64.2 cm³/mol. The SMILES string of the molecule is c1cnc(C2CCCNC2)c(OC2CNC2)n1. The molecule has 0 radical (unpaired) electrons. The average Bonchev–Trinajstić information content (AvgIpc) is 2.35. The molecule has 2 fully saturated rings. The van der Waals surface area contributed by atoms with Crippen molar-refractivity contribution in [1.29, 1.82) is 0 Å². The van der Waals surface area contributed by atoms with Crippen LogP contribution in [0, 0.1) is 0 Å². The Morgan fingerprint density at radius 1 is 1.12 bits per heavy atom. The summed E-state index contributed by atoms with van der Waals surface area (Å²) in [7, 11) is 0. The second-order valence-electron chi connectivity index (χ2n) is 4.69. The first kappa shape index (κ1) is 10.9. The number of ether oxygens (including phenoxy) is 1. The van der Waals surface area contributed by atoms with Gasteiger partial charge in [0.15, 0.2) is 0 Å². The molecule has 2 aliphatic heterocycles. The molecule has 3 rings (SSSR count). The van der Waals surface area contributed by atoms with Gasteiger partial charge in [-0.3, -0.25) is 4.98 Å². The van der Waals surface area contributed by atoms with E-state index in [2.05, 4.69) is 20.6 Å². The van der Waals surface area contributed by atoms with Crippen molar-refractivity contribution in [2.75, 3.05) is 26.2 Å². The first-order valence-electron chi connectivity index (χ1n) is 6.32. The van der Waals surface area contributed by atoms with E-state index >= 15 is 0 Å². The van der Waals surface area contributed by atoms with E-state index in [9.17, 15) is 0 Å². The van der Waals surface area contributed by atoms with Gasteiger partial charge in [0.05, 0.1) is 0 Å². The number of nitrogens with zero attached hydrogens (tertiary/aromatic N) is 2. The smallest absolute Gasteiger partial charge is 0.236 e. The summed E-state index contributed by atoms with van der Waals surface area (Å²) in [5, 5.41) is 6.60. The molecule has 5 heteroatoms. The maximum atomic E-state index is 5.87. The molecular weight excluding hydrogens is 216 g/mol. The summed E-state index contributed by atoms with van der Waals surface area (Å²) in [6, 6.07) is 0. The lowest BCUT2D eigenvalue weighted by molar-refractivity contribution is 0.132. The fourth-order valence-corrected chi connectivity index (χ4v) is 2.30. The molecule has 1 aromatic heterocycles. The van der Waals surface area contributed by atoms with Crippen LogP contribution in [0.15, 0.2) is 12.4 Å². The maximum Gasteiger partial charge on any atom is 0.236 e. The van der Waals surface area contributed by atoms with Gasteiger partial charge in [-0.15, -0.1) is 0 Å². The van der Waals surface area contributed by atoms with E-state index in [0.717, 1.165) is 37.8 Å². The minimum Gasteiger partial charge on any atom is -0.470 e. The molecule has 1 atom stereocenters. The number of hydrogen-bond acceptors (Lipinski definition) is 5. The van der Waals surface area contributed by atoms with Crippen molar-refractivity contribution >= 4 is 0 Å². The molecule has 0 spiro atoms. The minimum absolute atomic E-state index is 0.266. The van der Waals surface area contributed by atoms with Gasteiger partial charge >= 0.3 is 0 Å². The van der Waals surface area contributed by atoms with Gasteiger partial charge < -0.3 is 15.4 Å². The Labute approximate surface area is 101 Å². The topological polar surface area (TPSA) is 59.1 Å². The summed E-state index contributed by atoms with van der Waals surface area (Å²) in [5.41, 5.74) is 1.02. The van der Waals surface area contributed by atoms with Crippen molar-refractivity contribution in [3.8, 4) is 5.88 Å². The molecule has 0 aliphatic carbocycles. The molecule has 92 valence electrons. The molecular formula is C12H18N4O. The Morgan fingerprint density at radius 3 is 2.71 bits per heavy atom. The first-order chi connectivity index (χ1) is 8.43. The first-order valence-corrected chi connectivity index (χ1v) is 6.32. The van der Waals surface area contributed by atoms with Crippen molar-refractivity contribution in [2.24, 2.45) is 0 Å². The van der Waals surface area contributed by atoms with E-state index < -0.39 is 0 Å². The second-order valence-corrected chi connectivity index (χ2v) is 4.69. The van der Waals surface area contributed by atoms with E-state index in [4.69, 9.17) is 4.74 Å². The third kappa shape index (κ3) is 2.40. The van der Waals surface area contributed by atoms with Crippen LogP contribution in [0.5, 0.6) is 5.88 Å². The Kier molecular flexibility index (Phi) is 3.20. The molecule has 3 heterocycles. The molecule has 2 aliphatic rings. The van der Waals surface area contributed by atoms with E-state index in [1.165, 1.54) is 12.8 Å². The van der Waals surface area contributed by atoms with Gasteiger partial charge in [0.25, 0.3) is 0 Å². The maximum absolute atomic E-state index is 5.87. The standard InChI is InChI=1S/C12H18N4O/c1-2-9(6-13-3-1)11-12(16-5-4-15-11)17-10-7-14-8-10/h4-5,9-10,13-14H,1-3,6-8H2. The van der Waals surface area contributed by atoms with E-state index in [0.29, 0.717) is 5.92 Å². The van der Waals surface area contributed by atoms with Gasteiger partial charge in [-0.1, -0.05) is 0 Å². The molecule has 0 saturated carbocycles. The highest BCUT2D eigenvalue weighted by atomic mass is 16.5. The van der Waals surface area contributed by atoms with Crippen LogP contribution in [0.3, 0.4) is 0 Å². The zero-order valence-corrected chi connectivity index (χ0v) is 9.85. The van der Waals surface area contributed by atoms with Gasteiger partial charge in [-0.05, 0) is 19.4 Å². The van der Waals surface area contributed by atoms with E-state index in [-0.39, 0.29) is 6.10 Å². The van der Waals surface area contributed by atoms with Crippen LogP contribution in [0.1, 0.15) is 24.5 Å². The van der Waals surface area contributed by atoms with Crippen LogP contribution >= 0.6 is 0 Å². The number of hydrogen-bond donors (Lipinski definition) is 2. The number of piperidine rings is 1. The fourth-order valence-electron chi connectivity index (χ4n) is 2.30. The monoisotopic (exact) mass is 234 g/mol. The Hall–Kier alpha value is -1.20. The van der Waals surface area contributed by atoms with Crippen molar-refractivity contribution in [3.05, 3.63) is 18.1 Å². The predicted octanol–water partition coefficient (Wildman–Crippen LogP) is 0.294. The Bertz CT molecular complexity index is 375. The van der Waals surface area contributed by atoms with Gasteiger partial charge in [-0.2, -0.15) is 0 Å². The van der Waals surface area contributed by atoms with Crippen LogP contribution in [-0.4, -0.2) is 42.3 Å². The lowest BCUT2D eigenvalue weighted by Gasteiger charge is -2.29. The summed E-state index contributed by atoms with van der Waals surface area (Å²) >= 11 is 0. The van der Waals surface area contributed by atoms with Crippen LogP contribution < -0.4 is 15.4 Å². The summed E-state index contributed by atoms with van der Waals surface area (Å²) in [4.78, 5) is 8.80. The third-order valence-electron chi connectivity index (χ3n) is 3.40. The van der Waals surface area contributed by atoms with Gasteiger partial charge in [-0.25, -0.2) is 4.98 Å². The van der Waals surface area contributed by atoms with Gasteiger partial charge in [0.1, 0.15) is 11.8 Å². The van der Waals surface area contributed by atoms with Crippen molar-refractivity contribution in [3.63, 3.8) is 0 Å². The highest BCUT2D eigenvalue weighted by molar-refractivity contribution is 5.23. The van der Waals surface area contributed by atoms with Crippen LogP contribution in [0.4, 0.5) is 0 Å². The lowest BCUT2D eigenvalue weighted by atomic mass is 9.96. The zero-order valence-electron chi connectivity index (χ0n) is 9.85. The van der Waals surface area contributed by atoms with E-state index in [1.807, 2.05) is 0 Å². The molecule has 2 N–H and O–H groups in total. The summed E-state index contributed by atoms with van der Waals surface area (Å²) in [5.74, 6) is 1.17.